The Morgan fingerprint density at radius 3 is 2.87 bits per heavy atom. The standard InChI is InChI=1S/C11H9Cl2NO/c1-2-6-14-7-10(15)8-4-3-5-9(12)11(8)13/h1,3-5,14H,6-7H2. The monoisotopic (exact) mass is 241 g/mol. The second-order valence-corrected chi connectivity index (χ2v) is 3.62. The normalized spacial score (nSPS) is 9.67. The van der Waals surface area contributed by atoms with Gasteiger partial charge in [-0.05, 0) is 12.1 Å². The lowest BCUT2D eigenvalue weighted by atomic mass is 10.1. The van der Waals surface area contributed by atoms with Crippen molar-refractivity contribution in [1.82, 2.24) is 5.32 Å². The number of carbonyl (C=O) groups is 1. The van der Waals surface area contributed by atoms with Crippen molar-refractivity contribution in [3.05, 3.63) is 33.8 Å². The van der Waals surface area contributed by atoms with Crippen LogP contribution >= 0.6 is 23.2 Å². The van der Waals surface area contributed by atoms with Gasteiger partial charge in [-0.25, -0.2) is 0 Å². The molecule has 78 valence electrons. The molecule has 0 amide bonds. The molecule has 0 fully saturated rings. The van der Waals surface area contributed by atoms with E-state index in [-0.39, 0.29) is 17.4 Å². The van der Waals surface area contributed by atoms with Gasteiger partial charge in [-0.15, -0.1) is 6.42 Å². The van der Waals surface area contributed by atoms with E-state index in [0.29, 0.717) is 17.1 Å². The van der Waals surface area contributed by atoms with Crippen LogP contribution in [0.25, 0.3) is 0 Å². The zero-order valence-corrected chi connectivity index (χ0v) is 9.40. The van der Waals surface area contributed by atoms with Crippen molar-refractivity contribution in [1.29, 1.82) is 0 Å². The van der Waals surface area contributed by atoms with Crippen LogP contribution in [-0.2, 0) is 0 Å². The summed E-state index contributed by atoms with van der Waals surface area (Å²) in [6.45, 7) is 0.508. The molecule has 0 aliphatic carbocycles. The third-order valence-electron chi connectivity index (χ3n) is 1.76. The van der Waals surface area contributed by atoms with Crippen LogP contribution in [-0.4, -0.2) is 18.9 Å². The molecule has 0 aliphatic heterocycles. The number of Topliss-reactive ketones (excluding diaryl/α,β-unsaturated/α-hetero) is 1. The SMILES string of the molecule is C#CCNCC(=O)c1cccc(Cl)c1Cl. The molecule has 0 saturated heterocycles. The second kappa shape index (κ2) is 5.77. The highest BCUT2D eigenvalue weighted by molar-refractivity contribution is 6.43. The summed E-state index contributed by atoms with van der Waals surface area (Å²) in [4.78, 5) is 11.6. The molecular weight excluding hydrogens is 233 g/mol. The van der Waals surface area contributed by atoms with Crippen molar-refractivity contribution >= 4 is 29.0 Å². The Bertz CT molecular complexity index is 410. The van der Waals surface area contributed by atoms with Crippen LogP contribution in [0.2, 0.25) is 10.0 Å². The lowest BCUT2D eigenvalue weighted by molar-refractivity contribution is 0.0992. The van der Waals surface area contributed by atoms with E-state index in [4.69, 9.17) is 29.6 Å². The van der Waals surface area contributed by atoms with Gasteiger partial charge < -0.3 is 0 Å². The van der Waals surface area contributed by atoms with Gasteiger partial charge in [-0.2, -0.15) is 0 Å². The van der Waals surface area contributed by atoms with Crippen LogP contribution in [0.5, 0.6) is 0 Å². The van der Waals surface area contributed by atoms with Crippen molar-refractivity contribution in [2.45, 2.75) is 0 Å². The zero-order valence-electron chi connectivity index (χ0n) is 7.89. The maximum atomic E-state index is 11.6. The Balaban J connectivity index is 2.75. The van der Waals surface area contributed by atoms with Crippen molar-refractivity contribution in [3.8, 4) is 12.3 Å². The average molecular weight is 242 g/mol. The molecule has 0 saturated carbocycles. The quantitative estimate of drug-likeness (QED) is 0.499. The Kier molecular flexibility index (Phi) is 4.64. The van der Waals surface area contributed by atoms with Gasteiger partial charge in [0.05, 0.1) is 23.1 Å². The van der Waals surface area contributed by atoms with E-state index in [1.54, 1.807) is 18.2 Å². The lowest BCUT2D eigenvalue weighted by Gasteiger charge is -2.04. The van der Waals surface area contributed by atoms with Gasteiger partial charge in [0.1, 0.15) is 0 Å². The molecule has 0 bridgehead atoms. The highest BCUT2D eigenvalue weighted by Gasteiger charge is 2.11. The average Bonchev–Trinajstić information content (AvgIpc) is 2.22. The van der Waals surface area contributed by atoms with E-state index < -0.39 is 0 Å². The van der Waals surface area contributed by atoms with E-state index >= 15 is 0 Å². The van der Waals surface area contributed by atoms with Gasteiger partial charge in [0.2, 0.25) is 0 Å². The molecule has 2 nitrogen and oxygen atoms in total. The topological polar surface area (TPSA) is 29.1 Å². The number of ketones is 1. The molecule has 0 unspecified atom stereocenters. The largest absolute Gasteiger partial charge is 0.299 e. The predicted molar refractivity (Wildman–Crippen MR) is 62.5 cm³/mol. The van der Waals surface area contributed by atoms with E-state index in [1.807, 2.05) is 0 Å². The number of halogens is 2. The minimum atomic E-state index is -0.127. The molecule has 0 atom stereocenters. The summed E-state index contributed by atoms with van der Waals surface area (Å²) >= 11 is 11.7. The molecule has 1 N–H and O–H groups in total. The number of rotatable bonds is 4. The van der Waals surface area contributed by atoms with Gasteiger partial charge in [0.25, 0.3) is 0 Å². The molecular formula is C11H9Cl2NO. The van der Waals surface area contributed by atoms with E-state index in [0.717, 1.165) is 0 Å². The first-order valence-electron chi connectivity index (χ1n) is 4.28. The van der Waals surface area contributed by atoms with Crippen molar-refractivity contribution in [3.63, 3.8) is 0 Å². The third kappa shape index (κ3) is 3.24. The maximum Gasteiger partial charge on any atom is 0.178 e. The number of carbonyl (C=O) groups excluding carboxylic acids is 1. The molecule has 4 heteroatoms. The summed E-state index contributed by atoms with van der Waals surface area (Å²) in [6, 6.07) is 4.95. The van der Waals surface area contributed by atoms with Crippen LogP contribution in [0.15, 0.2) is 18.2 Å². The highest BCUT2D eigenvalue weighted by Crippen LogP contribution is 2.25. The van der Waals surface area contributed by atoms with Gasteiger partial charge in [0.15, 0.2) is 5.78 Å². The van der Waals surface area contributed by atoms with Crippen molar-refractivity contribution in [2.24, 2.45) is 0 Å². The fourth-order valence-corrected chi connectivity index (χ4v) is 1.47. The number of nitrogens with one attached hydrogen (secondary N) is 1. The number of terminal acetylenes is 1. The molecule has 1 aromatic carbocycles. The molecule has 0 radical (unpaired) electrons. The molecule has 15 heavy (non-hydrogen) atoms. The molecule has 1 rings (SSSR count). The summed E-state index contributed by atoms with van der Waals surface area (Å²) in [5.74, 6) is 2.25. The number of hydrogen-bond donors (Lipinski definition) is 1. The second-order valence-electron chi connectivity index (χ2n) is 2.83. The first kappa shape index (κ1) is 12.1. The maximum absolute atomic E-state index is 11.6. The van der Waals surface area contributed by atoms with Gasteiger partial charge in [0, 0.05) is 5.56 Å². The van der Waals surface area contributed by atoms with Gasteiger partial charge in [-0.1, -0.05) is 35.2 Å². The van der Waals surface area contributed by atoms with Crippen LogP contribution in [0.4, 0.5) is 0 Å². The van der Waals surface area contributed by atoms with E-state index in [1.165, 1.54) is 0 Å². The Morgan fingerprint density at radius 1 is 1.47 bits per heavy atom. The summed E-state index contributed by atoms with van der Waals surface area (Å²) < 4.78 is 0. The minimum absolute atomic E-state index is 0.127. The van der Waals surface area contributed by atoms with E-state index in [9.17, 15) is 4.79 Å². The molecule has 0 aliphatic rings. The molecule has 0 spiro atoms. The smallest absolute Gasteiger partial charge is 0.178 e. The summed E-state index contributed by atoms with van der Waals surface area (Å²) in [5.41, 5.74) is 0.411. The molecule has 0 heterocycles. The summed E-state index contributed by atoms with van der Waals surface area (Å²) in [5, 5.41) is 3.45. The Morgan fingerprint density at radius 2 is 2.20 bits per heavy atom. The summed E-state index contributed by atoms with van der Waals surface area (Å²) in [6.07, 6.45) is 5.04. The fraction of sp³-hybridized carbons (Fsp3) is 0.182. The fourth-order valence-electron chi connectivity index (χ4n) is 1.06. The van der Waals surface area contributed by atoms with Crippen LogP contribution in [0, 0.1) is 12.3 Å². The molecule has 0 aromatic heterocycles. The van der Waals surface area contributed by atoms with Gasteiger partial charge in [-0.3, -0.25) is 10.1 Å². The predicted octanol–water partition coefficient (Wildman–Crippen LogP) is 2.40. The lowest BCUT2D eigenvalue weighted by Crippen LogP contribution is -2.23. The molecule has 1 aromatic rings. The zero-order chi connectivity index (χ0) is 11.3. The van der Waals surface area contributed by atoms with Crippen LogP contribution in [0.3, 0.4) is 0 Å². The number of benzene rings is 1. The van der Waals surface area contributed by atoms with Crippen molar-refractivity contribution < 1.29 is 4.79 Å². The third-order valence-corrected chi connectivity index (χ3v) is 2.58. The minimum Gasteiger partial charge on any atom is -0.299 e. The van der Waals surface area contributed by atoms with E-state index in [2.05, 4.69) is 11.2 Å². The Hall–Kier alpha value is -1.01. The first-order chi connectivity index (χ1) is 7.16. The van der Waals surface area contributed by atoms with Crippen LogP contribution < -0.4 is 5.32 Å². The first-order valence-corrected chi connectivity index (χ1v) is 5.03. The summed E-state index contributed by atoms with van der Waals surface area (Å²) in [7, 11) is 0. The van der Waals surface area contributed by atoms with Crippen molar-refractivity contribution in [2.75, 3.05) is 13.1 Å². The van der Waals surface area contributed by atoms with Crippen LogP contribution in [0.1, 0.15) is 10.4 Å². The number of hydrogen-bond acceptors (Lipinski definition) is 2. The highest BCUT2D eigenvalue weighted by atomic mass is 35.5. The van der Waals surface area contributed by atoms with Gasteiger partial charge >= 0.3 is 0 Å². The Labute approximate surface area is 98.6 Å².